The highest BCUT2D eigenvalue weighted by atomic mass is 16.3. The molecule has 0 bridgehead atoms. The third kappa shape index (κ3) is 3.22. The van der Waals surface area contributed by atoms with E-state index in [4.69, 9.17) is 0 Å². The van der Waals surface area contributed by atoms with Crippen molar-refractivity contribution in [2.45, 2.75) is 104 Å². The summed E-state index contributed by atoms with van der Waals surface area (Å²) in [7, 11) is 0. The number of fused-ring (bicyclic) bond motifs is 5. The van der Waals surface area contributed by atoms with Crippen molar-refractivity contribution in [2.75, 3.05) is 0 Å². The summed E-state index contributed by atoms with van der Waals surface area (Å²) in [5.74, 6) is 4.06. The lowest BCUT2D eigenvalue weighted by molar-refractivity contribution is -0.158. The second kappa shape index (κ2) is 7.36. The van der Waals surface area contributed by atoms with Gasteiger partial charge >= 0.3 is 0 Å². The van der Waals surface area contributed by atoms with E-state index in [2.05, 4.69) is 36.3 Å². The standard InChI is InChI=1S/C25H40N4O2/c1-5-25-13-12-23(3,31)14-17(25)6-7-18-19-8-9-21(24(19,4)11-10-20(18)25)22(30)15-29-16(2)26-27-28-29/h17-21,31H,5-15H2,1-4H3/t17-,18-,19-,20-,21+,23+,24-,25-/m0/s1. The summed E-state index contributed by atoms with van der Waals surface area (Å²) >= 11 is 0. The van der Waals surface area contributed by atoms with Crippen molar-refractivity contribution in [1.29, 1.82) is 0 Å². The van der Waals surface area contributed by atoms with Crippen molar-refractivity contribution < 1.29 is 9.90 Å². The van der Waals surface area contributed by atoms with Crippen molar-refractivity contribution >= 4 is 5.78 Å². The minimum absolute atomic E-state index is 0.127. The largest absolute Gasteiger partial charge is 0.390 e. The molecule has 1 heterocycles. The predicted molar refractivity (Wildman–Crippen MR) is 118 cm³/mol. The number of nitrogens with zero attached hydrogens (tertiary/aromatic N) is 4. The summed E-state index contributed by atoms with van der Waals surface area (Å²) in [6.45, 7) is 9.05. The van der Waals surface area contributed by atoms with Crippen LogP contribution in [0.2, 0.25) is 0 Å². The molecule has 0 amide bonds. The van der Waals surface area contributed by atoms with Gasteiger partial charge in [0.1, 0.15) is 12.4 Å². The van der Waals surface area contributed by atoms with Gasteiger partial charge in [-0.15, -0.1) is 5.10 Å². The smallest absolute Gasteiger partial charge is 0.158 e. The van der Waals surface area contributed by atoms with E-state index >= 15 is 0 Å². The van der Waals surface area contributed by atoms with Crippen molar-refractivity contribution in [3.8, 4) is 0 Å². The van der Waals surface area contributed by atoms with Crippen LogP contribution in [0.1, 0.15) is 90.8 Å². The average Bonchev–Trinajstić information content (AvgIpc) is 3.29. The van der Waals surface area contributed by atoms with Crippen molar-refractivity contribution in [3.63, 3.8) is 0 Å². The van der Waals surface area contributed by atoms with Gasteiger partial charge in [0, 0.05) is 5.92 Å². The van der Waals surface area contributed by atoms with Gasteiger partial charge in [0.2, 0.25) is 0 Å². The molecule has 4 fully saturated rings. The summed E-state index contributed by atoms with van der Waals surface area (Å²) in [5.41, 5.74) is 0.0682. The highest BCUT2D eigenvalue weighted by Crippen LogP contribution is 2.69. The van der Waals surface area contributed by atoms with E-state index in [-0.39, 0.29) is 11.3 Å². The molecule has 4 aliphatic carbocycles. The van der Waals surface area contributed by atoms with Crippen LogP contribution in [0.5, 0.6) is 0 Å². The molecule has 31 heavy (non-hydrogen) atoms. The number of carbonyl (C=O) groups excluding carboxylic acids is 1. The molecule has 8 atom stereocenters. The molecule has 0 radical (unpaired) electrons. The van der Waals surface area contributed by atoms with Crippen LogP contribution in [-0.2, 0) is 11.3 Å². The zero-order valence-electron chi connectivity index (χ0n) is 19.8. The Labute approximate surface area is 186 Å². The molecular formula is C25H40N4O2. The Bertz CT molecular complexity index is 850. The fraction of sp³-hybridized carbons (Fsp3) is 0.920. The second-order valence-electron chi connectivity index (χ2n) is 12.0. The maximum absolute atomic E-state index is 13.4. The minimum atomic E-state index is -0.474. The van der Waals surface area contributed by atoms with Gasteiger partial charge in [-0.3, -0.25) is 4.79 Å². The quantitative estimate of drug-likeness (QED) is 0.771. The molecule has 6 heteroatoms. The molecule has 0 spiro atoms. The first-order valence-electron chi connectivity index (χ1n) is 12.7. The molecule has 0 aliphatic heterocycles. The number of aryl methyl sites for hydroxylation is 1. The summed E-state index contributed by atoms with van der Waals surface area (Å²) in [5, 5.41) is 22.4. The first-order valence-corrected chi connectivity index (χ1v) is 12.7. The van der Waals surface area contributed by atoms with Gasteiger partial charge in [-0.2, -0.15) is 0 Å². The normalized spacial score (nSPS) is 46.8. The zero-order valence-corrected chi connectivity index (χ0v) is 19.8. The number of hydrogen-bond acceptors (Lipinski definition) is 5. The molecule has 6 nitrogen and oxygen atoms in total. The number of Topliss-reactive ketones (excluding diaryl/α,β-unsaturated/α-hetero) is 1. The lowest BCUT2D eigenvalue weighted by Gasteiger charge is -2.63. The van der Waals surface area contributed by atoms with E-state index in [1.54, 1.807) is 4.68 Å². The maximum Gasteiger partial charge on any atom is 0.158 e. The van der Waals surface area contributed by atoms with Crippen LogP contribution in [0.3, 0.4) is 0 Å². The van der Waals surface area contributed by atoms with Gasteiger partial charge in [0.05, 0.1) is 5.60 Å². The number of aliphatic hydroxyl groups is 1. The number of ketones is 1. The van der Waals surface area contributed by atoms with Gasteiger partial charge in [-0.05, 0) is 123 Å². The lowest BCUT2D eigenvalue weighted by Crippen LogP contribution is -2.56. The van der Waals surface area contributed by atoms with Gasteiger partial charge in [0.25, 0.3) is 0 Å². The zero-order chi connectivity index (χ0) is 22.0. The summed E-state index contributed by atoms with van der Waals surface area (Å²) < 4.78 is 1.66. The Balaban J connectivity index is 1.37. The first-order chi connectivity index (χ1) is 14.7. The van der Waals surface area contributed by atoms with Gasteiger partial charge in [-0.1, -0.05) is 13.8 Å². The van der Waals surface area contributed by atoms with E-state index in [1.165, 1.54) is 44.9 Å². The van der Waals surface area contributed by atoms with E-state index in [1.807, 2.05) is 6.92 Å². The molecule has 1 N–H and O–H groups in total. The summed E-state index contributed by atoms with van der Waals surface area (Å²) in [4.78, 5) is 13.4. The number of tetrazole rings is 1. The molecule has 172 valence electrons. The Morgan fingerprint density at radius 2 is 1.90 bits per heavy atom. The van der Waals surface area contributed by atoms with Crippen molar-refractivity contribution in [2.24, 2.45) is 40.4 Å². The minimum Gasteiger partial charge on any atom is -0.390 e. The fourth-order valence-electron chi connectivity index (χ4n) is 9.13. The van der Waals surface area contributed by atoms with Gasteiger partial charge < -0.3 is 5.11 Å². The molecule has 1 aromatic heterocycles. The average molecular weight is 429 g/mol. The van der Waals surface area contributed by atoms with E-state index < -0.39 is 5.60 Å². The van der Waals surface area contributed by atoms with Crippen LogP contribution in [0.4, 0.5) is 0 Å². The molecule has 0 aromatic carbocycles. The number of rotatable bonds is 4. The van der Waals surface area contributed by atoms with E-state index in [0.29, 0.717) is 35.4 Å². The van der Waals surface area contributed by atoms with E-state index in [9.17, 15) is 9.90 Å². The molecule has 4 saturated carbocycles. The number of carbonyl (C=O) groups is 1. The van der Waals surface area contributed by atoms with Crippen LogP contribution < -0.4 is 0 Å². The highest BCUT2D eigenvalue weighted by molar-refractivity contribution is 5.82. The molecule has 4 aliphatic rings. The SMILES string of the molecule is CC[C@]12CC[C@@](C)(O)C[C@@H]1CC[C@H]1[C@@H]3CC[C@H](C(=O)Cn4nnnc4C)[C@@]3(C)CC[C@@H]12. The lowest BCUT2D eigenvalue weighted by atomic mass is 9.42. The number of aromatic nitrogens is 4. The molecule has 0 unspecified atom stereocenters. The predicted octanol–water partition coefficient (Wildman–Crippen LogP) is 4.35. The number of hydrogen-bond donors (Lipinski definition) is 1. The van der Waals surface area contributed by atoms with Crippen molar-refractivity contribution in [1.82, 2.24) is 20.2 Å². The second-order valence-corrected chi connectivity index (χ2v) is 12.0. The van der Waals surface area contributed by atoms with E-state index in [0.717, 1.165) is 31.1 Å². The fourth-order valence-corrected chi connectivity index (χ4v) is 9.13. The first kappa shape index (κ1) is 21.5. The van der Waals surface area contributed by atoms with Crippen LogP contribution in [0, 0.1) is 47.3 Å². The summed E-state index contributed by atoms with van der Waals surface area (Å²) in [6.07, 6.45) is 11.6. The highest BCUT2D eigenvalue weighted by Gasteiger charge is 2.62. The Morgan fingerprint density at radius 3 is 2.61 bits per heavy atom. The Morgan fingerprint density at radius 1 is 1.10 bits per heavy atom. The molecule has 1 aromatic rings. The Kier molecular flexibility index (Phi) is 5.11. The topological polar surface area (TPSA) is 80.9 Å². The van der Waals surface area contributed by atoms with Crippen LogP contribution in [-0.4, -0.2) is 36.7 Å². The molecule has 5 rings (SSSR count). The third-order valence-corrected chi connectivity index (χ3v) is 10.7. The van der Waals surface area contributed by atoms with Gasteiger partial charge in [0.15, 0.2) is 5.78 Å². The van der Waals surface area contributed by atoms with Gasteiger partial charge in [-0.25, -0.2) is 4.68 Å². The molecular weight excluding hydrogens is 388 g/mol. The summed E-state index contributed by atoms with van der Waals surface area (Å²) in [6, 6.07) is 0. The Hall–Kier alpha value is -1.30. The van der Waals surface area contributed by atoms with Crippen LogP contribution in [0.25, 0.3) is 0 Å². The third-order valence-electron chi connectivity index (χ3n) is 10.7. The van der Waals surface area contributed by atoms with Crippen molar-refractivity contribution in [3.05, 3.63) is 5.82 Å². The monoisotopic (exact) mass is 428 g/mol. The van der Waals surface area contributed by atoms with Crippen LogP contribution in [0.15, 0.2) is 0 Å². The molecule has 0 saturated heterocycles. The van der Waals surface area contributed by atoms with Crippen LogP contribution >= 0.6 is 0 Å². The maximum atomic E-state index is 13.4.